The number of carboxylic acids is 1. The van der Waals surface area contributed by atoms with Crippen molar-refractivity contribution in [3.63, 3.8) is 0 Å². The maximum absolute atomic E-state index is 13.8. The highest BCUT2D eigenvalue weighted by atomic mass is 19.4. The lowest BCUT2D eigenvalue weighted by Crippen LogP contribution is -2.17. The molecule has 1 N–H and O–H groups in total. The minimum absolute atomic E-state index is 0.0119. The average molecular weight is 472 g/mol. The molecule has 7 heteroatoms. The molecule has 1 aliphatic heterocycles. The number of halogens is 3. The van der Waals surface area contributed by atoms with Gasteiger partial charge in [0, 0.05) is 29.1 Å². The number of aliphatic carboxylic acids is 1. The van der Waals surface area contributed by atoms with Gasteiger partial charge >= 0.3 is 12.1 Å². The maximum Gasteiger partial charge on any atom is 0.416 e. The molecule has 2 aliphatic rings. The predicted octanol–water partition coefficient (Wildman–Crippen LogP) is 7.25. The van der Waals surface area contributed by atoms with Crippen LogP contribution in [0.15, 0.2) is 42.5 Å². The molecule has 1 saturated carbocycles. The molecule has 0 bridgehead atoms. The van der Waals surface area contributed by atoms with Gasteiger partial charge in [0.15, 0.2) is 0 Å². The van der Waals surface area contributed by atoms with E-state index < -0.39 is 17.7 Å². The van der Waals surface area contributed by atoms with E-state index in [1.54, 1.807) is 12.1 Å². The quantitative estimate of drug-likeness (QED) is 0.412. The number of carbonyl (C=O) groups is 1. The number of benzene rings is 2. The molecule has 0 amide bonds. The highest BCUT2D eigenvalue weighted by Crippen LogP contribution is 2.42. The summed E-state index contributed by atoms with van der Waals surface area (Å²) in [6, 6.07) is 12.3. The molecular formula is C27H28F3NO3. The predicted molar refractivity (Wildman–Crippen MR) is 123 cm³/mol. The zero-order chi connectivity index (χ0) is 23.9. The Kier molecular flexibility index (Phi) is 6.04. The number of hydrogen-bond donors (Lipinski definition) is 1. The summed E-state index contributed by atoms with van der Waals surface area (Å²) < 4.78 is 49.3. The minimum Gasteiger partial charge on any atom is -0.489 e. The van der Waals surface area contributed by atoms with Gasteiger partial charge in [0.1, 0.15) is 12.4 Å². The third-order valence-corrected chi connectivity index (χ3v) is 7.30. The first kappa shape index (κ1) is 22.8. The van der Waals surface area contributed by atoms with E-state index in [-0.39, 0.29) is 24.9 Å². The van der Waals surface area contributed by atoms with Crippen molar-refractivity contribution in [2.75, 3.05) is 0 Å². The van der Waals surface area contributed by atoms with Crippen molar-refractivity contribution in [3.05, 3.63) is 64.8 Å². The summed E-state index contributed by atoms with van der Waals surface area (Å²) in [7, 11) is 0. The van der Waals surface area contributed by atoms with Gasteiger partial charge in [0.05, 0.1) is 12.0 Å². The number of aromatic nitrogens is 1. The molecule has 0 saturated heterocycles. The number of ether oxygens (including phenoxy) is 1. The van der Waals surface area contributed by atoms with E-state index in [1.165, 1.54) is 6.07 Å². The molecule has 1 aliphatic carbocycles. The van der Waals surface area contributed by atoms with E-state index in [1.807, 2.05) is 24.3 Å². The van der Waals surface area contributed by atoms with Crippen molar-refractivity contribution >= 4 is 16.9 Å². The highest BCUT2D eigenvalue weighted by Gasteiger charge is 2.36. The Morgan fingerprint density at radius 1 is 1.03 bits per heavy atom. The molecule has 0 spiro atoms. The number of nitrogens with zero attached hydrogens (tertiary/aromatic N) is 1. The van der Waals surface area contributed by atoms with Crippen molar-refractivity contribution in [1.82, 2.24) is 4.57 Å². The fourth-order valence-electron chi connectivity index (χ4n) is 5.71. The number of hydrogen-bond acceptors (Lipinski definition) is 2. The van der Waals surface area contributed by atoms with Crippen LogP contribution < -0.4 is 4.74 Å². The lowest BCUT2D eigenvalue weighted by molar-refractivity contribution is -0.139. The molecule has 2 aromatic carbocycles. The summed E-state index contributed by atoms with van der Waals surface area (Å²) in [5.74, 6) is -0.245. The lowest BCUT2D eigenvalue weighted by Gasteiger charge is -2.24. The molecule has 4 nitrogen and oxygen atoms in total. The highest BCUT2D eigenvalue weighted by molar-refractivity contribution is 5.83. The van der Waals surface area contributed by atoms with Crippen LogP contribution in [0.1, 0.15) is 79.2 Å². The van der Waals surface area contributed by atoms with Gasteiger partial charge in [-0.3, -0.25) is 4.79 Å². The number of aryl methyl sites for hydroxylation is 1. The monoisotopic (exact) mass is 471 g/mol. The fourth-order valence-corrected chi connectivity index (χ4v) is 5.71. The van der Waals surface area contributed by atoms with Gasteiger partial charge in [-0.05, 0) is 73.1 Å². The Hall–Kier alpha value is -2.96. The first-order valence-corrected chi connectivity index (χ1v) is 12.0. The van der Waals surface area contributed by atoms with Gasteiger partial charge in [0.25, 0.3) is 0 Å². The van der Waals surface area contributed by atoms with Crippen molar-refractivity contribution in [2.24, 2.45) is 0 Å². The van der Waals surface area contributed by atoms with Gasteiger partial charge in [-0.25, -0.2) is 0 Å². The van der Waals surface area contributed by atoms with Gasteiger partial charge < -0.3 is 14.4 Å². The number of alkyl halides is 3. The summed E-state index contributed by atoms with van der Waals surface area (Å²) in [5, 5.41) is 10.2. The summed E-state index contributed by atoms with van der Waals surface area (Å²) in [6.07, 6.45) is 1.10. The molecule has 0 unspecified atom stereocenters. The van der Waals surface area contributed by atoms with E-state index in [0.717, 1.165) is 61.7 Å². The van der Waals surface area contributed by atoms with Crippen molar-refractivity contribution in [1.29, 1.82) is 0 Å². The topological polar surface area (TPSA) is 51.5 Å². The third kappa shape index (κ3) is 4.52. The van der Waals surface area contributed by atoms with Gasteiger partial charge in [-0.2, -0.15) is 13.2 Å². The van der Waals surface area contributed by atoms with E-state index in [0.29, 0.717) is 16.9 Å². The standard InChI is InChI=1S/C27H28F3NO3/c28-27(29,30)23-12-17(7-9-22(23)18-4-1-2-5-18)16-34-21-8-10-24-20(13-21)14-25-19(15-26(32)33)6-3-11-31(24)25/h7-10,12-14,18-19H,1-6,11,15-16H2,(H,32,33)/t19-/m1/s1. The summed E-state index contributed by atoms with van der Waals surface area (Å²) in [6.45, 7) is 0.900. The first-order chi connectivity index (χ1) is 16.3. The Labute approximate surface area is 196 Å². The van der Waals surface area contributed by atoms with Crippen LogP contribution in [0.4, 0.5) is 13.2 Å². The summed E-state index contributed by atoms with van der Waals surface area (Å²) >= 11 is 0. The molecule has 3 aromatic rings. The minimum atomic E-state index is -4.38. The second kappa shape index (κ2) is 9.01. The smallest absolute Gasteiger partial charge is 0.416 e. The zero-order valence-corrected chi connectivity index (χ0v) is 18.9. The molecule has 1 aromatic heterocycles. The van der Waals surface area contributed by atoms with Crippen molar-refractivity contribution < 1.29 is 27.8 Å². The third-order valence-electron chi connectivity index (χ3n) is 7.30. The van der Waals surface area contributed by atoms with Gasteiger partial charge in [-0.1, -0.05) is 25.0 Å². The molecule has 0 radical (unpaired) electrons. The zero-order valence-electron chi connectivity index (χ0n) is 18.9. The van der Waals surface area contributed by atoms with E-state index in [4.69, 9.17) is 4.74 Å². The fraction of sp³-hybridized carbons (Fsp3) is 0.444. The van der Waals surface area contributed by atoms with Crippen LogP contribution in [0.2, 0.25) is 0 Å². The summed E-state index contributed by atoms with van der Waals surface area (Å²) in [4.78, 5) is 11.2. The lowest BCUT2D eigenvalue weighted by atomic mass is 9.91. The number of carboxylic acid groups (broad SMARTS) is 1. The van der Waals surface area contributed by atoms with Gasteiger partial charge in [0.2, 0.25) is 0 Å². The van der Waals surface area contributed by atoms with Crippen LogP contribution >= 0.6 is 0 Å². The van der Waals surface area contributed by atoms with Gasteiger partial charge in [-0.15, -0.1) is 0 Å². The largest absolute Gasteiger partial charge is 0.489 e. The van der Waals surface area contributed by atoms with Crippen LogP contribution in [0.5, 0.6) is 5.75 Å². The normalized spacial score (nSPS) is 18.9. The second-order valence-electron chi connectivity index (χ2n) is 9.57. The summed E-state index contributed by atoms with van der Waals surface area (Å²) in [5.41, 5.74) is 2.41. The van der Waals surface area contributed by atoms with Crippen LogP contribution in [0.3, 0.4) is 0 Å². The van der Waals surface area contributed by atoms with Crippen LogP contribution in [-0.4, -0.2) is 15.6 Å². The maximum atomic E-state index is 13.8. The molecular weight excluding hydrogens is 443 g/mol. The molecule has 1 fully saturated rings. The Bertz CT molecular complexity index is 1210. The van der Waals surface area contributed by atoms with E-state index >= 15 is 0 Å². The van der Waals surface area contributed by atoms with Crippen molar-refractivity contribution in [2.45, 2.75) is 76.1 Å². The number of rotatable bonds is 6. The molecule has 180 valence electrons. The Balaban J connectivity index is 1.36. The Morgan fingerprint density at radius 3 is 2.56 bits per heavy atom. The second-order valence-corrected chi connectivity index (χ2v) is 9.57. The van der Waals surface area contributed by atoms with E-state index in [2.05, 4.69) is 4.57 Å². The number of fused-ring (bicyclic) bond motifs is 3. The molecule has 2 heterocycles. The first-order valence-electron chi connectivity index (χ1n) is 12.0. The van der Waals surface area contributed by atoms with Crippen molar-refractivity contribution in [3.8, 4) is 5.75 Å². The SMILES string of the molecule is O=C(O)C[C@H]1CCCn2c1cc1cc(OCc3ccc(C4CCCC4)c(C(F)(F)F)c3)ccc12. The Morgan fingerprint density at radius 2 is 1.82 bits per heavy atom. The van der Waals surface area contributed by atoms with Crippen LogP contribution in [0, 0.1) is 0 Å². The van der Waals surface area contributed by atoms with Crippen LogP contribution in [-0.2, 0) is 24.1 Å². The van der Waals surface area contributed by atoms with E-state index in [9.17, 15) is 23.1 Å². The molecule has 34 heavy (non-hydrogen) atoms. The molecule has 1 atom stereocenters. The van der Waals surface area contributed by atoms with Crippen LogP contribution in [0.25, 0.3) is 10.9 Å². The molecule has 5 rings (SSSR count). The average Bonchev–Trinajstić information content (AvgIpc) is 3.45.